The zero-order valence-corrected chi connectivity index (χ0v) is 11.9. The minimum absolute atomic E-state index is 0.0523. The molecule has 5 nitrogen and oxygen atoms in total. The topological polar surface area (TPSA) is 68.1 Å². The number of benzene rings is 1. The van der Waals surface area contributed by atoms with Crippen LogP contribution < -0.4 is 5.32 Å². The fourth-order valence-electron chi connectivity index (χ4n) is 1.50. The van der Waals surface area contributed by atoms with Crippen LogP contribution in [0.25, 0.3) is 0 Å². The van der Waals surface area contributed by atoms with Crippen LogP contribution in [0.2, 0.25) is 0 Å². The molecule has 0 fully saturated rings. The van der Waals surface area contributed by atoms with Gasteiger partial charge in [-0.15, -0.1) is 11.3 Å². The molecule has 2 aromatic rings. The summed E-state index contributed by atoms with van der Waals surface area (Å²) in [5.41, 5.74) is 2.53. The van der Waals surface area contributed by atoms with Gasteiger partial charge in [0.05, 0.1) is 20.9 Å². The van der Waals surface area contributed by atoms with E-state index in [1.54, 1.807) is 35.2 Å². The van der Waals surface area contributed by atoms with E-state index in [0.717, 1.165) is 4.88 Å². The molecule has 1 aromatic carbocycles. The molecule has 0 aliphatic carbocycles. The molecule has 1 unspecified atom stereocenters. The van der Waals surface area contributed by atoms with Gasteiger partial charge < -0.3 is 5.32 Å². The first kappa shape index (κ1) is 13.0. The van der Waals surface area contributed by atoms with Gasteiger partial charge in [-0.1, -0.05) is 0 Å². The molecule has 0 radical (unpaired) electrons. The Morgan fingerprint density at radius 3 is 2.94 bits per heavy atom. The Kier molecular flexibility index (Phi) is 3.93. The molecular weight excluding hydrogens is 318 g/mol. The van der Waals surface area contributed by atoms with E-state index in [9.17, 15) is 10.1 Å². The summed E-state index contributed by atoms with van der Waals surface area (Å²) < 4.78 is 0.475. The number of anilines is 1. The Balaban J connectivity index is 2.20. The molecule has 0 amide bonds. The fourth-order valence-corrected chi connectivity index (χ4v) is 2.52. The van der Waals surface area contributed by atoms with Crippen molar-refractivity contribution >= 4 is 38.6 Å². The van der Waals surface area contributed by atoms with Gasteiger partial charge in [-0.3, -0.25) is 15.1 Å². The van der Waals surface area contributed by atoms with E-state index >= 15 is 0 Å². The molecule has 0 bridgehead atoms. The van der Waals surface area contributed by atoms with Crippen molar-refractivity contribution < 1.29 is 4.92 Å². The van der Waals surface area contributed by atoms with Gasteiger partial charge in [-0.25, -0.2) is 0 Å². The van der Waals surface area contributed by atoms with E-state index in [2.05, 4.69) is 26.2 Å². The van der Waals surface area contributed by atoms with Crippen molar-refractivity contribution in [2.75, 3.05) is 5.32 Å². The van der Waals surface area contributed by atoms with Crippen molar-refractivity contribution in [3.05, 3.63) is 49.4 Å². The lowest BCUT2D eigenvalue weighted by Crippen LogP contribution is -2.05. The molecule has 0 spiro atoms. The minimum atomic E-state index is -0.410. The highest BCUT2D eigenvalue weighted by Gasteiger charge is 2.14. The van der Waals surface area contributed by atoms with Crippen molar-refractivity contribution in [2.45, 2.75) is 13.0 Å². The number of hydrogen-bond donors (Lipinski definition) is 1. The third-order valence-electron chi connectivity index (χ3n) is 2.40. The lowest BCUT2D eigenvalue weighted by molar-refractivity contribution is -0.385. The van der Waals surface area contributed by atoms with Gasteiger partial charge in [0, 0.05) is 22.8 Å². The molecule has 0 saturated carbocycles. The summed E-state index contributed by atoms with van der Waals surface area (Å²) >= 11 is 4.71. The zero-order valence-electron chi connectivity index (χ0n) is 9.46. The number of nitro groups is 1. The van der Waals surface area contributed by atoms with Crippen LogP contribution in [-0.4, -0.2) is 9.91 Å². The largest absolute Gasteiger partial charge is 0.377 e. The summed E-state index contributed by atoms with van der Waals surface area (Å²) in [6, 6.07) is 5.05. The number of halogens is 1. The van der Waals surface area contributed by atoms with E-state index in [1.807, 2.05) is 6.92 Å². The minimum Gasteiger partial charge on any atom is -0.377 e. The maximum Gasteiger partial charge on any atom is 0.285 e. The van der Waals surface area contributed by atoms with Crippen LogP contribution in [0.4, 0.5) is 11.4 Å². The van der Waals surface area contributed by atoms with E-state index in [0.29, 0.717) is 10.2 Å². The summed E-state index contributed by atoms with van der Waals surface area (Å²) in [6.07, 6.45) is 1.79. The molecule has 0 aliphatic rings. The van der Waals surface area contributed by atoms with Gasteiger partial charge in [0.15, 0.2) is 0 Å². The molecule has 1 N–H and O–H groups in total. The highest BCUT2D eigenvalue weighted by atomic mass is 79.9. The molecule has 2 rings (SSSR count). The van der Waals surface area contributed by atoms with E-state index in [1.165, 1.54) is 6.07 Å². The van der Waals surface area contributed by atoms with Crippen molar-refractivity contribution in [1.82, 2.24) is 4.98 Å². The summed E-state index contributed by atoms with van der Waals surface area (Å²) in [5.74, 6) is 0. The van der Waals surface area contributed by atoms with Gasteiger partial charge in [0.1, 0.15) is 0 Å². The van der Waals surface area contributed by atoms with Crippen molar-refractivity contribution in [1.29, 1.82) is 0 Å². The highest BCUT2D eigenvalue weighted by Crippen LogP contribution is 2.30. The van der Waals surface area contributed by atoms with E-state index in [4.69, 9.17) is 0 Å². The van der Waals surface area contributed by atoms with E-state index in [-0.39, 0.29) is 11.7 Å². The Morgan fingerprint density at radius 2 is 2.33 bits per heavy atom. The zero-order chi connectivity index (χ0) is 13.1. The maximum atomic E-state index is 10.8. The van der Waals surface area contributed by atoms with Crippen LogP contribution >= 0.6 is 27.3 Å². The molecule has 0 aliphatic heterocycles. The number of nitro benzene ring substituents is 1. The predicted molar refractivity (Wildman–Crippen MR) is 74.9 cm³/mol. The van der Waals surface area contributed by atoms with Gasteiger partial charge in [0.2, 0.25) is 0 Å². The highest BCUT2D eigenvalue weighted by molar-refractivity contribution is 9.10. The molecular formula is C11H10BrN3O2S. The molecule has 18 heavy (non-hydrogen) atoms. The Hall–Kier alpha value is -1.47. The second kappa shape index (κ2) is 5.45. The number of aromatic nitrogens is 1. The molecule has 94 valence electrons. The average molecular weight is 328 g/mol. The Labute approximate surface area is 116 Å². The number of rotatable bonds is 4. The Morgan fingerprint density at radius 1 is 1.56 bits per heavy atom. The Bertz CT molecular complexity index is 559. The second-order valence-corrected chi connectivity index (χ2v) is 5.47. The summed E-state index contributed by atoms with van der Waals surface area (Å²) in [6.45, 7) is 1.99. The number of nitrogens with zero attached hydrogens (tertiary/aromatic N) is 2. The maximum absolute atomic E-state index is 10.8. The van der Waals surface area contributed by atoms with E-state index < -0.39 is 4.92 Å². The summed E-state index contributed by atoms with van der Waals surface area (Å²) in [7, 11) is 0. The number of thiazole rings is 1. The first-order valence-corrected chi connectivity index (χ1v) is 6.84. The van der Waals surface area contributed by atoms with Crippen LogP contribution in [0.3, 0.4) is 0 Å². The average Bonchev–Trinajstić information content (AvgIpc) is 2.85. The van der Waals surface area contributed by atoms with Crippen molar-refractivity contribution in [3.8, 4) is 0 Å². The lowest BCUT2D eigenvalue weighted by atomic mass is 10.2. The molecule has 1 atom stereocenters. The van der Waals surface area contributed by atoms with Crippen LogP contribution in [0.1, 0.15) is 17.8 Å². The van der Waals surface area contributed by atoms with Crippen LogP contribution in [-0.2, 0) is 0 Å². The van der Waals surface area contributed by atoms with Crippen LogP contribution in [0.5, 0.6) is 0 Å². The predicted octanol–water partition coefficient (Wildman–Crippen LogP) is 3.99. The van der Waals surface area contributed by atoms with Crippen molar-refractivity contribution in [3.63, 3.8) is 0 Å². The second-order valence-electron chi connectivity index (χ2n) is 3.69. The molecule has 1 aromatic heterocycles. The SMILES string of the molecule is CC(Nc1ccc(Br)c([N+](=O)[O-])c1)c1cncs1. The third kappa shape index (κ3) is 2.85. The normalized spacial score (nSPS) is 12.1. The van der Waals surface area contributed by atoms with Crippen molar-refractivity contribution in [2.24, 2.45) is 0 Å². The standard InChI is InChI=1S/C11H10BrN3O2S/c1-7(11-5-13-6-18-11)14-8-2-3-9(12)10(4-8)15(16)17/h2-7,14H,1H3. The summed E-state index contributed by atoms with van der Waals surface area (Å²) in [4.78, 5) is 15.5. The third-order valence-corrected chi connectivity index (χ3v) is 4.03. The van der Waals surface area contributed by atoms with Crippen LogP contribution in [0.15, 0.2) is 34.4 Å². The monoisotopic (exact) mass is 327 g/mol. The van der Waals surface area contributed by atoms with Gasteiger partial charge in [-0.2, -0.15) is 0 Å². The quantitative estimate of drug-likeness (QED) is 0.681. The smallest absolute Gasteiger partial charge is 0.285 e. The number of hydrogen-bond acceptors (Lipinski definition) is 5. The summed E-state index contributed by atoms with van der Waals surface area (Å²) in [5, 5.41) is 14.0. The van der Waals surface area contributed by atoms with Gasteiger partial charge in [-0.05, 0) is 35.0 Å². The fraction of sp³-hybridized carbons (Fsp3) is 0.182. The molecule has 0 saturated heterocycles. The first-order chi connectivity index (χ1) is 8.58. The molecule has 1 heterocycles. The van der Waals surface area contributed by atoms with Gasteiger partial charge in [0.25, 0.3) is 5.69 Å². The number of nitrogens with one attached hydrogen (secondary N) is 1. The van der Waals surface area contributed by atoms with Crippen LogP contribution in [0, 0.1) is 10.1 Å². The first-order valence-electron chi connectivity index (χ1n) is 5.17. The lowest BCUT2D eigenvalue weighted by Gasteiger charge is -2.13. The van der Waals surface area contributed by atoms with Gasteiger partial charge >= 0.3 is 0 Å². The molecule has 7 heteroatoms.